The highest BCUT2D eigenvalue weighted by molar-refractivity contribution is 14.0. The number of likely N-dealkylation sites (tertiary alicyclic amines) is 1. The molecule has 29 heavy (non-hydrogen) atoms. The van der Waals surface area contributed by atoms with E-state index in [1.165, 1.54) is 0 Å². The van der Waals surface area contributed by atoms with Crippen molar-refractivity contribution in [1.82, 2.24) is 15.5 Å². The van der Waals surface area contributed by atoms with Crippen molar-refractivity contribution in [3.63, 3.8) is 0 Å². The van der Waals surface area contributed by atoms with Crippen molar-refractivity contribution in [3.05, 3.63) is 29.8 Å². The van der Waals surface area contributed by atoms with Gasteiger partial charge in [0.1, 0.15) is 5.75 Å². The van der Waals surface area contributed by atoms with Crippen LogP contribution in [0, 0.1) is 11.8 Å². The summed E-state index contributed by atoms with van der Waals surface area (Å²) in [7, 11) is 1.77. The number of aliphatic imine (C=N–C) groups is 1. The fraction of sp³-hybridized carbons (Fsp3) is 0.636. The van der Waals surface area contributed by atoms with E-state index in [0.29, 0.717) is 12.5 Å². The Balaban J connectivity index is 0.00000420. The molecule has 0 radical (unpaired) electrons. The van der Waals surface area contributed by atoms with E-state index in [9.17, 15) is 4.79 Å². The van der Waals surface area contributed by atoms with Crippen LogP contribution in [0.25, 0.3) is 0 Å². The zero-order valence-corrected chi connectivity index (χ0v) is 20.7. The quantitative estimate of drug-likeness (QED) is 0.315. The third kappa shape index (κ3) is 8.40. The van der Waals surface area contributed by atoms with Crippen LogP contribution < -0.4 is 15.4 Å². The normalized spacial score (nSPS) is 16.7. The Morgan fingerprint density at radius 1 is 1.28 bits per heavy atom. The van der Waals surface area contributed by atoms with Crippen LogP contribution in [0.15, 0.2) is 29.3 Å². The Morgan fingerprint density at radius 2 is 2.00 bits per heavy atom. The Labute approximate surface area is 192 Å². The highest BCUT2D eigenvalue weighted by Crippen LogP contribution is 2.18. The summed E-state index contributed by atoms with van der Waals surface area (Å²) >= 11 is 0. The summed E-state index contributed by atoms with van der Waals surface area (Å²) < 4.78 is 5.97. The maximum absolute atomic E-state index is 12.2. The zero-order valence-electron chi connectivity index (χ0n) is 18.4. The first kappa shape index (κ1) is 25.5. The van der Waals surface area contributed by atoms with Gasteiger partial charge in [-0.1, -0.05) is 45.9 Å². The van der Waals surface area contributed by atoms with Gasteiger partial charge in [0.15, 0.2) is 5.96 Å². The van der Waals surface area contributed by atoms with Crippen molar-refractivity contribution in [3.8, 4) is 5.75 Å². The number of benzene rings is 1. The summed E-state index contributed by atoms with van der Waals surface area (Å²) in [6.07, 6.45) is 1.98. The van der Waals surface area contributed by atoms with E-state index in [-0.39, 0.29) is 41.8 Å². The maximum Gasteiger partial charge on any atom is 0.225 e. The Hall–Kier alpha value is -1.51. The number of hydrogen-bond donors (Lipinski definition) is 2. The molecule has 0 aromatic heterocycles. The molecule has 1 fully saturated rings. The average molecular weight is 516 g/mol. The Kier molecular flexibility index (Phi) is 11.4. The molecular weight excluding hydrogens is 479 g/mol. The molecule has 2 N–H and O–H groups in total. The van der Waals surface area contributed by atoms with E-state index in [1.807, 2.05) is 36.9 Å². The van der Waals surface area contributed by atoms with Crippen LogP contribution in [0.5, 0.6) is 5.75 Å². The van der Waals surface area contributed by atoms with Crippen molar-refractivity contribution in [2.45, 2.75) is 53.1 Å². The minimum absolute atomic E-state index is 0. The molecule has 164 valence electrons. The molecule has 1 aliphatic rings. The van der Waals surface area contributed by atoms with E-state index in [2.05, 4.69) is 35.5 Å². The molecule has 0 spiro atoms. The number of guanidine groups is 1. The predicted molar refractivity (Wildman–Crippen MR) is 130 cm³/mol. The van der Waals surface area contributed by atoms with Gasteiger partial charge >= 0.3 is 0 Å². The third-order valence-electron chi connectivity index (χ3n) is 4.93. The fourth-order valence-corrected chi connectivity index (χ4v) is 3.21. The largest absolute Gasteiger partial charge is 0.493 e. The number of hydrogen-bond acceptors (Lipinski definition) is 3. The van der Waals surface area contributed by atoms with Crippen LogP contribution in [-0.4, -0.2) is 49.6 Å². The molecule has 1 atom stereocenters. The van der Waals surface area contributed by atoms with Gasteiger partial charge in [-0.15, -0.1) is 24.0 Å². The number of ether oxygens (including phenoxy) is 1. The van der Waals surface area contributed by atoms with Gasteiger partial charge < -0.3 is 20.3 Å². The first-order valence-electron chi connectivity index (χ1n) is 10.4. The van der Waals surface area contributed by atoms with Gasteiger partial charge in [0, 0.05) is 44.2 Å². The number of halogens is 1. The van der Waals surface area contributed by atoms with Crippen LogP contribution in [0.2, 0.25) is 0 Å². The summed E-state index contributed by atoms with van der Waals surface area (Å²) in [6, 6.07) is 8.34. The number of carbonyl (C=O) groups is 1. The van der Waals surface area contributed by atoms with Gasteiger partial charge in [0.25, 0.3) is 0 Å². The highest BCUT2D eigenvalue weighted by atomic mass is 127. The van der Waals surface area contributed by atoms with Gasteiger partial charge in [0.2, 0.25) is 5.91 Å². The van der Waals surface area contributed by atoms with Crippen LogP contribution >= 0.6 is 24.0 Å². The Morgan fingerprint density at radius 3 is 2.66 bits per heavy atom. The molecule has 0 bridgehead atoms. The molecule has 1 unspecified atom stereocenters. The average Bonchev–Trinajstić information content (AvgIpc) is 3.13. The summed E-state index contributed by atoms with van der Waals surface area (Å²) in [6.45, 7) is 11.2. The molecule has 0 saturated carbocycles. The van der Waals surface area contributed by atoms with E-state index < -0.39 is 0 Å². The minimum Gasteiger partial charge on any atom is -0.493 e. The van der Waals surface area contributed by atoms with Gasteiger partial charge in [0.05, 0.1) is 6.61 Å². The second-order valence-corrected chi connectivity index (χ2v) is 8.13. The molecule has 6 nitrogen and oxygen atoms in total. The van der Waals surface area contributed by atoms with E-state index in [0.717, 1.165) is 49.8 Å². The zero-order chi connectivity index (χ0) is 20.5. The lowest BCUT2D eigenvalue weighted by molar-refractivity contribution is -0.133. The fourth-order valence-electron chi connectivity index (χ4n) is 3.21. The Bertz CT molecular complexity index is 664. The SMILES string of the molecule is CN=C(NCc1ccccc1OCCC(C)C)NC1CCN(C(=O)C(C)C)C1.I. The number of amides is 1. The van der Waals surface area contributed by atoms with Gasteiger partial charge in [-0.25, -0.2) is 0 Å². The van der Waals surface area contributed by atoms with Crippen LogP contribution in [0.1, 0.15) is 46.1 Å². The summed E-state index contributed by atoms with van der Waals surface area (Å²) in [5.41, 5.74) is 1.11. The second kappa shape index (κ2) is 12.9. The molecule has 1 amide bonds. The maximum atomic E-state index is 12.2. The topological polar surface area (TPSA) is 66.0 Å². The summed E-state index contributed by atoms with van der Waals surface area (Å²) in [5, 5.41) is 6.82. The molecule has 1 aliphatic heterocycles. The lowest BCUT2D eigenvalue weighted by Crippen LogP contribution is -2.45. The number of nitrogens with one attached hydrogen (secondary N) is 2. The molecule has 2 rings (SSSR count). The number of nitrogens with zero attached hydrogens (tertiary/aromatic N) is 2. The third-order valence-corrected chi connectivity index (χ3v) is 4.93. The van der Waals surface area contributed by atoms with Crippen LogP contribution in [0.3, 0.4) is 0 Å². The molecule has 1 aromatic carbocycles. The predicted octanol–water partition coefficient (Wildman–Crippen LogP) is 3.65. The van der Waals surface area contributed by atoms with Crippen molar-refractivity contribution in [1.29, 1.82) is 0 Å². The number of para-hydroxylation sites is 1. The monoisotopic (exact) mass is 516 g/mol. The summed E-state index contributed by atoms with van der Waals surface area (Å²) in [4.78, 5) is 18.4. The molecule has 7 heteroatoms. The van der Waals surface area contributed by atoms with Gasteiger partial charge in [-0.05, 0) is 24.8 Å². The second-order valence-electron chi connectivity index (χ2n) is 8.13. The highest BCUT2D eigenvalue weighted by Gasteiger charge is 2.27. The number of rotatable bonds is 8. The van der Waals surface area contributed by atoms with Crippen LogP contribution in [0.4, 0.5) is 0 Å². The minimum atomic E-state index is 0. The molecule has 0 aliphatic carbocycles. The number of carbonyl (C=O) groups excluding carboxylic acids is 1. The van der Waals surface area contributed by atoms with E-state index in [1.54, 1.807) is 7.05 Å². The lowest BCUT2D eigenvalue weighted by atomic mass is 10.1. The first-order chi connectivity index (χ1) is 13.4. The lowest BCUT2D eigenvalue weighted by Gasteiger charge is -2.20. The van der Waals surface area contributed by atoms with Gasteiger partial charge in [-0.3, -0.25) is 9.79 Å². The smallest absolute Gasteiger partial charge is 0.225 e. The van der Waals surface area contributed by atoms with E-state index >= 15 is 0 Å². The summed E-state index contributed by atoms with van der Waals surface area (Å²) in [5.74, 6) is 2.56. The molecule has 1 saturated heterocycles. The first-order valence-corrected chi connectivity index (χ1v) is 10.4. The molecular formula is C22H37IN4O2. The van der Waals surface area contributed by atoms with Crippen LogP contribution in [-0.2, 0) is 11.3 Å². The van der Waals surface area contributed by atoms with E-state index in [4.69, 9.17) is 4.74 Å². The van der Waals surface area contributed by atoms with Crippen molar-refractivity contribution >= 4 is 35.8 Å². The van der Waals surface area contributed by atoms with Crippen molar-refractivity contribution in [2.75, 3.05) is 26.7 Å². The molecule has 1 heterocycles. The van der Waals surface area contributed by atoms with Gasteiger partial charge in [-0.2, -0.15) is 0 Å². The standard InChI is InChI=1S/C22H36N4O2.HI/c1-16(2)11-13-28-20-9-7-6-8-18(20)14-24-22(23-5)25-19-10-12-26(15-19)21(27)17(3)4;/h6-9,16-17,19H,10-15H2,1-5H3,(H2,23,24,25);1H. The van der Waals surface area contributed by atoms with Crippen molar-refractivity contribution in [2.24, 2.45) is 16.8 Å². The van der Waals surface area contributed by atoms with Crippen molar-refractivity contribution < 1.29 is 9.53 Å². The molecule has 1 aromatic rings.